The Kier molecular flexibility index (Phi) is 7.45. The molecule has 2 amide bonds. The van der Waals surface area contributed by atoms with Crippen LogP contribution >= 0.6 is 11.8 Å². The molecule has 0 atom stereocenters. The van der Waals surface area contributed by atoms with Gasteiger partial charge in [-0.1, -0.05) is 25.1 Å². The first-order valence-corrected chi connectivity index (χ1v) is 10.7. The number of piperazine rings is 1. The lowest BCUT2D eigenvalue weighted by atomic mass is 10.1. The van der Waals surface area contributed by atoms with E-state index in [2.05, 4.69) is 17.2 Å². The van der Waals surface area contributed by atoms with Gasteiger partial charge in [0.1, 0.15) is 0 Å². The highest BCUT2D eigenvalue weighted by Crippen LogP contribution is 2.17. The molecule has 0 aliphatic carbocycles. The Morgan fingerprint density at radius 2 is 1.86 bits per heavy atom. The molecule has 1 aliphatic rings. The maximum atomic E-state index is 12.4. The molecule has 2 N–H and O–H groups in total. The standard InChI is InChI=1S/C21H26N4O2S/c1-2-17-5-3-4-6-19(17)23-20(26)15-24-11-13-25(14-12-24)21(27)16-28-18-7-9-22-10-8-18/h3-10H,2,11-16H2,1H3,(H,23,26)/p+1. The lowest BCUT2D eigenvalue weighted by Gasteiger charge is -2.31. The third-order valence-corrected chi connectivity index (χ3v) is 5.91. The molecule has 1 fully saturated rings. The highest BCUT2D eigenvalue weighted by Gasteiger charge is 2.25. The van der Waals surface area contributed by atoms with Crippen LogP contribution in [0.1, 0.15) is 12.5 Å². The fourth-order valence-corrected chi connectivity index (χ4v) is 4.08. The van der Waals surface area contributed by atoms with Gasteiger partial charge in [0.05, 0.1) is 31.9 Å². The SMILES string of the molecule is CCc1ccccc1NC(=O)C[NH+]1CCN(C(=O)CSc2ccncc2)CC1. The van der Waals surface area contributed by atoms with Gasteiger partial charge >= 0.3 is 0 Å². The fraction of sp³-hybridized carbons (Fsp3) is 0.381. The van der Waals surface area contributed by atoms with Crippen LogP contribution in [0.4, 0.5) is 5.69 Å². The summed E-state index contributed by atoms with van der Waals surface area (Å²) in [5.41, 5.74) is 2.05. The zero-order chi connectivity index (χ0) is 19.8. The van der Waals surface area contributed by atoms with Crippen molar-refractivity contribution in [3.8, 4) is 0 Å². The smallest absolute Gasteiger partial charge is 0.279 e. The van der Waals surface area contributed by atoms with Crippen molar-refractivity contribution in [1.29, 1.82) is 0 Å². The molecule has 7 heteroatoms. The zero-order valence-electron chi connectivity index (χ0n) is 16.2. The van der Waals surface area contributed by atoms with Crippen molar-refractivity contribution in [3.05, 3.63) is 54.4 Å². The molecule has 1 saturated heterocycles. The number of aromatic nitrogens is 1. The quantitative estimate of drug-likeness (QED) is 0.685. The summed E-state index contributed by atoms with van der Waals surface area (Å²) in [5, 5.41) is 3.03. The highest BCUT2D eigenvalue weighted by atomic mass is 32.2. The maximum absolute atomic E-state index is 12.4. The fourth-order valence-electron chi connectivity index (χ4n) is 3.29. The third-order valence-electron chi connectivity index (χ3n) is 4.92. The Labute approximate surface area is 170 Å². The number of hydrogen-bond donors (Lipinski definition) is 2. The van der Waals surface area contributed by atoms with E-state index in [-0.39, 0.29) is 11.8 Å². The van der Waals surface area contributed by atoms with Crippen molar-refractivity contribution < 1.29 is 14.5 Å². The Hall–Kier alpha value is -2.38. The third kappa shape index (κ3) is 5.81. The summed E-state index contributed by atoms with van der Waals surface area (Å²) in [6.45, 7) is 5.52. The number of hydrogen-bond acceptors (Lipinski definition) is 4. The first-order valence-electron chi connectivity index (χ1n) is 9.67. The summed E-state index contributed by atoms with van der Waals surface area (Å²) < 4.78 is 0. The molecule has 28 heavy (non-hydrogen) atoms. The molecular formula is C21H27N4O2S+. The molecule has 3 rings (SSSR count). The summed E-state index contributed by atoms with van der Waals surface area (Å²) in [7, 11) is 0. The molecule has 2 aromatic rings. The van der Waals surface area contributed by atoms with Crippen LogP contribution in [0.5, 0.6) is 0 Å². The van der Waals surface area contributed by atoms with E-state index in [0.717, 1.165) is 35.7 Å². The van der Waals surface area contributed by atoms with Crippen LogP contribution in [0, 0.1) is 0 Å². The second-order valence-electron chi connectivity index (χ2n) is 6.84. The first kappa shape index (κ1) is 20.4. The van der Waals surface area contributed by atoms with Gasteiger partial charge in [-0.3, -0.25) is 14.6 Å². The van der Waals surface area contributed by atoms with Crippen LogP contribution in [-0.2, 0) is 16.0 Å². The van der Waals surface area contributed by atoms with E-state index < -0.39 is 0 Å². The van der Waals surface area contributed by atoms with E-state index >= 15 is 0 Å². The summed E-state index contributed by atoms with van der Waals surface area (Å²) >= 11 is 1.54. The van der Waals surface area contributed by atoms with Gasteiger partial charge in [0, 0.05) is 23.0 Å². The van der Waals surface area contributed by atoms with Gasteiger partial charge in [0.15, 0.2) is 6.54 Å². The number of rotatable bonds is 7. The molecule has 1 aromatic carbocycles. The molecular weight excluding hydrogens is 372 g/mol. The van der Waals surface area contributed by atoms with Crippen LogP contribution in [0.3, 0.4) is 0 Å². The van der Waals surface area contributed by atoms with Gasteiger partial charge in [-0.25, -0.2) is 0 Å². The van der Waals surface area contributed by atoms with E-state index in [4.69, 9.17) is 0 Å². The Balaban J connectivity index is 1.41. The number of para-hydroxylation sites is 1. The van der Waals surface area contributed by atoms with Crippen LogP contribution in [0.15, 0.2) is 53.7 Å². The van der Waals surface area contributed by atoms with Gasteiger partial charge in [0.25, 0.3) is 5.91 Å². The van der Waals surface area contributed by atoms with Crippen molar-refractivity contribution in [2.45, 2.75) is 18.2 Å². The maximum Gasteiger partial charge on any atom is 0.279 e. The van der Waals surface area contributed by atoms with E-state index in [1.807, 2.05) is 41.3 Å². The first-order chi connectivity index (χ1) is 13.7. The number of pyridine rings is 1. The summed E-state index contributed by atoms with van der Waals surface area (Å²) in [4.78, 5) is 33.0. The van der Waals surface area contributed by atoms with Gasteiger partial charge in [-0.15, -0.1) is 11.8 Å². The van der Waals surface area contributed by atoms with Gasteiger partial charge in [0.2, 0.25) is 5.91 Å². The predicted molar refractivity (Wildman–Crippen MR) is 112 cm³/mol. The topological polar surface area (TPSA) is 66.7 Å². The van der Waals surface area contributed by atoms with Crippen LogP contribution in [0.2, 0.25) is 0 Å². The monoisotopic (exact) mass is 399 g/mol. The molecule has 0 spiro atoms. The van der Waals surface area contributed by atoms with Gasteiger partial charge in [-0.05, 0) is 30.2 Å². The summed E-state index contributed by atoms with van der Waals surface area (Å²) in [6, 6.07) is 11.7. The average molecular weight is 400 g/mol. The number of amides is 2. The van der Waals surface area contributed by atoms with Crippen molar-refractivity contribution in [2.24, 2.45) is 0 Å². The molecule has 148 valence electrons. The number of thioether (sulfide) groups is 1. The minimum Gasteiger partial charge on any atom is -0.331 e. The molecule has 2 heterocycles. The molecule has 0 saturated carbocycles. The number of anilines is 1. The second-order valence-corrected chi connectivity index (χ2v) is 7.89. The summed E-state index contributed by atoms with van der Waals surface area (Å²) in [6.07, 6.45) is 4.36. The lowest BCUT2D eigenvalue weighted by molar-refractivity contribution is -0.895. The van der Waals surface area contributed by atoms with Crippen molar-refractivity contribution in [3.63, 3.8) is 0 Å². The van der Waals surface area contributed by atoms with E-state index in [1.165, 1.54) is 16.7 Å². The van der Waals surface area contributed by atoms with Crippen LogP contribution < -0.4 is 10.2 Å². The predicted octanol–water partition coefficient (Wildman–Crippen LogP) is 1.10. The Bertz CT molecular complexity index is 792. The number of aryl methyl sites for hydroxylation is 1. The summed E-state index contributed by atoms with van der Waals surface area (Å²) in [5.74, 6) is 0.624. The van der Waals surface area contributed by atoms with Crippen molar-refractivity contribution in [2.75, 3.05) is 43.8 Å². The zero-order valence-corrected chi connectivity index (χ0v) is 17.0. The number of carbonyl (C=O) groups is 2. The normalized spacial score (nSPS) is 14.7. The van der Waals surface area contributed by atoms with E-state index in [9.17, 15) is 9.59 Å². The molecule has 1 aliphatic heterocycles. The van der Waals surface area contributed by atoms with E-state index in [1.54, 1.807) is 12.4 Å². The number of benzene rings is 1. The van der Waals surface area contributed by atoms with Crippen molar-refractivity contribution >= 4 is 29.3 Å². The highest BCUT2D eigenvalue weighted by molar-refractivity contribution is 8.00. The minimum absolute atomic E-state index is 0.0314. The number of nitrogens with zero attached hydrogens (tertiary/aromatic N) is 2. The Morgan fingerprint density at radius 1 is 1.14 bits per heavy atom. The minimum atomic E-state index is 0.0314. The van der Waals surface area contributed by atoms with Crippen LogP contribution in [-0.4, -0.2) is 60.2 Å². The van der Waals surface area contributed by atoms with Gasteiger partial charge < -0.3 is 15.1 Å². The molecule has 0 bridgehead atoms. The number of nitrogens with one attached hydrogen (secondary N) is 2. The molecule has 6 nitrogen and oxygen atoms in total. The Morgan fingerprint density at radius 3 is 2.57 bits per heavy atom. The molecule has 1 aromatic heterocycles. The van der Waals surface area contributed by atoms with Crippen molar-refractivity contribution in [1.82, 2.24) is 9.88 Å². The van der Waals surface area contributed by atoms with E-state index in [0.29, 0.717) is 25.4 Å². The second kappa shape index (κ2) is 10.2. The molecule has 0 radical (unpaired) electrons. The number of carbonyl (C=O) groups excluding carboxylic acids is 2. The number of quaternary nitrogens is 1. The van der Waals surface area contributed by atoms with Gasteiger partial charge in [-0.2, -0.15) is 0 Å². The van der Waals surface area contributed by atoms with Crippen LogP contribution in [0.25, 0.3) is 0 Å². The average Bonchev–Trinajstić information content (AvgIpc) is 2.73. The molecule has 0 unspecified atom stereocenters. The largest absolute Gasteiger partial charge is 0.331 e. The lowest BCUT2D eigenvalue weighted by Crippen LogP contribution is -3.15.